The number of aromatic hydroxyl groups is 1. The summed E-state index contributed by atoms with van der Waals surface area (Å²) in [7, 11) is 0. The Labute approximate surface area is 222 Å². The molecule has 0 aliphatic heterocycles. The van der Waals surface area contributed by atoms with E-state index in [0.29, 0.717) is 16.8 Å². The molecule has 1 fully saturated rings. The Balaban J connectivity index is 0.00000336. The number of amides is 1. The number of nitrogens with one attached hydrogen (secondary N) is 1. The van der Waals surface area contributed by atoms with E-state index in [4.69, 9.17) is 5.73 Å². The molecule has 196 valence electrons. The predicted octanol–water partition coefficient (Wildman–Crippen LogP) is -1.92. The van der Waals surface area contributed by atoms with Crippen LogP contribution in [0.5, 0.6) is 5.75 Å². The Morgan fingerprint density at radius 3 is 2.50 bits per heavy atom. The van der Waals surface area contributed by atoms with Gasteiger partial charge in [0.25, 0.3) is 11.6 Å². The number of phenolic OH excluding ortho intramolecular Hbond substituents is 1. The number of ketones is 2. The van der Waals surface area contributed by atoms with Gasteiger partial charge in [0.05, 0.1) is 5.56 Å². The number of nitrogens with two attached hydrogens (primary N) is 1. The van der Waals surface area contributed by atoms with E-state index >= 15 is 0 Å². The molecule has 3 aliphatic carbocycles. The van der Waals surface area contributed by atoms with E-state index in [1.807, 2.05) is 5.18 Å². The number of aliphatic hydroxyl groups excluding tert-OH is 2. The van der Waals surface area contributed by atoms with E-state index in [1.54, 1.807) is 42.5 Å². The first-order chi connectivity index (χ1) is 17.6. The number of aliphatic hydroxyl groups is 3. The topological polar surface area (TPSA) is 189 Å². The van der Waals surface area contributed by atoms with Gasteiger partial charge in [0.2, 0.25) is 5.78 Å². The summed E-state index contributed by atoms with van der Waals surface area (Å²) in [5, 5.41) is 45.5. The van der Waals surface area contributed by atoms with Gasteiger partial charge in [-0.05, 0) is 41.5 Å². The highest BCUT2D eigenvalue weighted by molar-refractivity contribution is 6.22. The maximum atomic E-state index is 13.5. The molecule has 0 heterocycles. The number of halogens is 1. The standard InChI is InChI=1S/C27H22N2O8.ClH/c28-26(35)22-19(31)11-15-9-14-10-17-13(5-4-12-2-1-3-16(8-12)29-37)6-7-18(30)21(17)23(32)20(14)24(33)27(15,36)25(22)34;/h1-8,14-15,30,32,34,36H,9-11H2,(H2,28,35);1H/t14-,15+,27+;/m1./s1. The maximum absolute atomic E-state index is 13.5. The minimum atomic E-state index is -2.59. The normalized spacial score (nSPS) is 24.4. The molecule has 1 saturated carbocycles. The zero-order valence-electron chi connectivity index (χ0n) is 19.8. The molecule has 0 bridgehead atoms. The predicted molar refractivity (Wildman–Crippen MR) is 131 cm³/mol. The van der Waals surface area contributed by atoms with E-state index < -0.39 is 52.0 Å². The van der Waals surface area contributed by atoms with Crippen LogP contribution in [-0.4, -0.2) is 43.5 Å². The van der Waals surface area contributed by atoms with Gasteiger partial charge < -0.3 is 38.6 Å². The van der Waals surface area contributed by atoms with Crippen LogP contribution in [-0.2, 0) is 20.8 Å². The Bertz CT molecular complexity index is 1510. The molecular weight excluding hydrogens is 516 g/mol. The summed E-state index contributed by atoms with van der Waals surface area (Å²) in [5.74, 6) is -6.65. The molecule has 0 spiro atoms. The lowest BCUT2D eigenvalue weighted by Gasteiger charge is -2.46. The first kappa shape index (κ1) is 26.8. The van der Waals surface area contributed by atoms with Crippen molar-refractivity contribution in [2.75, 3.05) is 0 Å². The van der Waals surface area contributed by atoms with Crippen LogP contribution in [0.15, 0.2) is 53.3 Å². The summed E-state index contributed by atoms with van der Waals surface area (Å²) in [6.07, 6.45) is 3.38. The van der Waals surface area contributed by atoms with Crippen LogP contribution in [0.4, 0.5) is 5.69 Å². The monoisotopic (exact) mass is 538 g/mol. The van der Waals surface area contributed by atoms with Crippen LogP contribution >= 0.6 is 0 Å². The molecule has 5 rings (SSSR count). The number of benzene rings is 2. The van der Waals surface area contributed by atoms with Crippen molar-refractivity contribution < 1.29 is 52.4 Å². The van der Waals surface area contributed by atoms with Crippen LogP contribution in [0.2, 0.25) is 0 Å². The lowest BCUT2D eigenvalue weighted by atomic mass is 9.59. The molecule has 1 amide bonds. The quantitative estimate of drug-likeness (QED) is 0.192. The molecule has 3 aliphatic rings. The van der Waals surface area contributed by atoms with Gasteiger partial charge in [-0.2, -0.15) is 0 Å². The number of hydrogen-bond acceptors (Lipinski definition) is 8. The van der Waals surface area contributed by atoms with E-state index in [0.717, 1.165) is 5.56 Å². The lowest BCUT2D eigenvalue weighted by molar-refractivity contribution is -0.379. The second kappa shape index (κ2) is 9.55. The van der Waals surface area contributed by atoms with Crippen LogP contribution in [0.25, 0.3) is 17.9 Å². The molecule has 38 heavy (non-hydrogen) atoms. The summed E-state index contributed by atoms with van der Waals surface area (Å²) < 4.78 is 0. The molecular formula is C27H23ClN2O8. The van der Waals surface area contributed by atoms with Gasteiger partial charge in [0.1, 0.15) is 22.8 Å². The highest BCUT2D eigenvalue weighted by Crippen LogP contribution is 2.52. The van der Waals surface area contributed by atoms with Gasteiger partial charge >= 0.3 is 0 Å². The molecule has 0 radical (unpaired) electrons. The maximum Gasteiger partial charge on any atom is 0.255 e. The van der Waals surface area contributed by atoms with Gasteiger partial charge in [-0.15, -0.1) is 0 Å². The minimum absolute atomic E-state index is 0. The fourth-order valence-corrected chi connectivity index (χ4v) is 5.69. The summed E-state index contributed by atoms with van der Waals surface area (Å²) in [4.78, 5) is 48.7. The van der Waals surface area contributed by atoms with Crippen molar-refractivity contribution in [3.8, 4) is 5.75 Å². The molecule has 11 heteroatoms. The zero-order valence-corrected chi connectivity index (χ0v) is 20.5. The molecule has 10 nitrogen and oxygen atoms in total. The van der Waals surface area contributed by atoms with Crippen molar-refractivity contribution >= 4 is 41.1 Å². The van der Waals surface area contributed by atoms with Gasteiger partial charge in [0.15, 0.2) is 11.4 Å². The van der Waals surface area contributed by atoms with Crippen molar-refractivity contribution in [1.82, 2.24) is 0 Å². The third-order valence-corrected chi connectivity index (χ3v) is 7.44. The SMILES string of the molecule is NC(=O)C1=C(O)[C@@]2(O)C(=O)C3=C(O)c4c(O)ccc(C=Cc5cccc([NH+]=O)c5)c4C[C@H]3C[C@H]2CC1=O.[Cl-]. The molecule has 2 aromatic rings. The van der Waals surface area contributed by atoms with Crippen LogP contribution in [0, 0.1) is 16.7 Å². The number of hydrogen-bond donors (Lipinski definition) is 6. The van der Waals surface area contributed by atoms with Gasteiger partial charge in [-0.1, -0.05) is 30.4 Å². The Kier molecular flexibility index (Phi) is 6.73. The largest absolute Gasteiger partial charge is 1.00 e. The van der Waals surface area contributed by atoms with E-state index in [9.17, 15) is 39.7 Å². The number of nitroso groups, excluding NO2 is 1. The average Bonchev–Trinajstić information content (AvgIpc) is 2.85. The second-order valence-electron chi connectivity index (χ2n) is 9.49. The van der Waals surface area contributed by atoms with Crippen molar-refractivity contribution in [2.24, 2.45) is 17.6 Å². The first-order valence-corrected chi connectivity index (χ1v) is 11.6. The summed E-state index contributed by atoms with van der Waals surface area (Å²) in [6, 6.07) is 9.78. The van der Waals surface area contributed by atoms with Crippen molar-refractivity contribution in [3.63, 3.8) is 0 Å². The smallest absolute Gasteiger partial charge is 0.255 e. The number of fused-ring (bicyclic) bond motifs is 3. The third-order valence-electron chi connectivity index (χ3n) is 7.44. The van der Waals surface area contributed by atoms with Crippen LogP contribution < -0.4 is 23.3 Å². The number of phenols is 1. The minimum Gasteiger partial charge on any atom is -1.00 e. The number of rotatable bonds is 4. The van der Waals surface area contributed by atoms with E-state index in [-0.39, 0.29) is 48.6 Å². The van der Waals surface area contributed by atoms with Crippen LogP contribution in [0.1, 0.15) is 35.1 Å². The summed E-state index contributed by atoms with van der Waals surface area (Å²) in [6.45, 7) is 0. The van der Waals surface area contributed by atoms with Crippen LogP contribution in [0.3, 0.4) is 0 Å². The fourth-order valence-electron chi connectivity index (χ4n) is 5.69. The van der Waals surface area contributed by atoms with Crippen molar-refractivity contribution in [2.45, 2.75) is 24.9 Å². The third kappa shape index (κ3) is 3.89. The highest BCUT2D eigenvalue weighted by Gasteiger charge is 2.60. The number of carbonyl (C=O) groups excluding carboxylic acids is 3. The second-order valence-corrected chi connectivity index (χ2v) is 9.49. The molecule has 0 saturated heterocycles. The van der Waals surface area contributed by atoms with E-state index in [1.165, 1.54) is 6.07 Å². The molecule has 0 aromatic heterocycles. The molecule has 3 atom stereocenters. The first-order valence-electron chi connectivity index (χ1n) is 11.6. The Hall–Kier alpha value is -4.28. The Morgan fingerprint density at radius 2 is 1.82 bits per heavy atom. The van der Waals surface area contributed by atoms with Crippen molar-refractivity contribution in [3.05, 3.63) is 80.5 Å². The summed E-state index contributed by atoms with van der Waals surface area (Å²) >= 11 is 0. The highest BCUT2D eigenvalue weighted by atomic mass is 35.5. The molecule has 2 aromatic carbocycles. The fraction of sp³-hybridized carbons (Fsp3) is 0.222. The van der Waals surface area contributed by atoms with Gasteiger partial charge in [-0.25, -0.2) is 0 Å². The van der Waals surface area contributed by atoms with Gasteiger partial charge in [0, 0.05) is 40.1 Å². The van der Waals surface area contributed by atoms with Crippen molar-refractivity contribution in [1.29, 1.82) is 0 Å². The average molecular weight is 539 g/mol. The summed E-state index contributed by atoms with van der Waals surface area (Å²) in [5.41, 5.74) is 3.91. The Morgan fingerprint density at radius 1 is 1.08 bits per heavy atom. The zero-order chi connectivity index (χ0) is 26.6. The number of primary amides is 1. The number of carbonyl (C=O) groups is 3. The van der Waals surface area contributed by atoms with E-state index in [2.05, 4.69) is 0 Å². The molecule has 7 N–H and O–H groups in total. The van der Waals surface area contributed by atoms with Gasteiger partial charge in [-0.3, -0.25) is 14.4 Å². The number of Topliss-reactive ketones (excluding diaryl/α,β-unsaturated/α-hetero) is 2. The lowest BCUT2D eigenvalue weighted by Crippen LogP contribution is -3.00. The molecule has 0 unspecified atom stereocenters.